The summed E-state index contributed by atoms with van der Waals surface area (Å²) in [5, 5.41) is 42.2. The Balaban J connectivity index is 1.42. The summed E-state index contributed by atoms with van der Waals surface area (Å²) < 4.78 is 0. The second kappa shape index (κ2) is 9.70. The Kier molecular flexibility index (Phi) is 7.39. The molecule has 4 aliphatic rings. The van der Waals surface area contributed by atoms with Gasteiger partial charge in [-0.2, -0.15) is 0 Å². The first kappa shape index (κ1) is 25.9. The Morgan fingerprint density at radius 1 is 1.00 bits per heavy atom. The molecule has 1 amide bonds. The highest BCUT2D eigenvalue weighted by Gasteiger charge is 2.62. The molecule has 0 unspecified atom stereocenters. The minimum absolute atomic E-state index is 0.157. The van der Waals surface area contributed by atoms with Crippen molar-refractivity contribution in [3.05, 3.63) is 0 Å². The van der Waals surface area contributed by atoms with Crippen LogP contribution in [0.2, 0.25) is 0 Å². The fourth-order valence-electron chi connectivity index (χ4n) is 9.19. The first-order valence-electron chi connectivity index (χ1n) is 13.5. The molecule has 194 valence electrons. The number of aliphatic carboxylic acids is 1. The Bertz CT molecular complexity index is 774. The van der Waals surface area contributed by atoms with Crippen LogP contribution < -0.4 is 5.32 Å². The monoisotopic (exact) mass is 479 g/mol. The van der Waals surface area contributed by atoms with Gasteiger partial charge < -0.3 is 25.7 Å². The Labute approximate surface area is 203 Å². The van der Waals surface area contributed by atoms with Crippen molar-refractivity contribution in [3.63, 3.8) is 0 Å². The average molecular weight is 480 g/mol. The summed E-state index contributed by atoms with van der Waals surface area (Å²) >= 11 is 0. The number of carbonyl (C=O) groups excluding carboxylic acids is 1. The zero-order valence-electron chi connectivity index (χ0n) is 21.1. The van der Waals surface area contributed by atoms with Gasteiger partial charge in [-0.25, -0.2) is 4.79 Å². The predicted molar refractivity (Wildman–Crippen MR) is 128 cm³/mol. The van der Waals surface area contributed by atoms with Crippen molar-refractivity contribution in [2.75, 3.05) is 6.61 Å². The van der Waals surface area contributed by atoms with Gasteiger partial charge in [0.05, 0.1) is 18.8 Å². The zero-order valence-corrected chi connectivity index (χ0v) is 21.1. The number of amides is 1. The van der Waals surface area contributed by atoms with E-state index in [4.69, 9.17) is 10.2 Å². The number of rotatable bonds is 7. The molecule has 7 heteroatoms. The SMILES string of the molecule is C[C@H](CCC(=O)N[C@@H](CO)C(=O)O)[C@H]1CC[C@H]2[C@@H]3[C@@H](O)C[C@@H]4C[C@H](O)CC[C@]4(C)[C@H]3CC[C@]12C. The maximum atomic E-state index is 12.3. The fraction of sp³-hybridized carbons (Fsp3) is 0.926. The van der Waals surface area contributed by atoms with Crippen molar-refractivity contribution < 1.29 is 30.0 Å². The van der Waals surface area contributed by atoms with Crippen LogP contribution >= 0.6 is 0 Å². The van der Waals surface area contributed by atoms with E-state index >= 15 is 0 Å². The molecule has 0 aromatic carbocycles. The molecular formula is C27H45NO6. The quantitative estimate of drug-likeness (QED) is 0.382. The van der Waals surface area contributed by atoms with E-state index in [2.05, 4.69) is 26.1 Å². The lowest BCUT2D eigenvalue weighted by molar-refractivity contribution is -0.174. The van der Waals surface area contributed by atoms with Gasteiger partial charge in [0.1, 0.15) is 6.04 Å². The zero-order chi connectivity index (χ0) is 24.8. The van der Waals surface area contributed by atoms with Crippen LogP contribution in [-0.2, 0) is 9.59 Å². The van der Waals surface area contributed by atoms with Crippen LogP contribution in [0.15, 0.2) is 0 Å². The van der Waals surface area contributed by atoms with E-state index < -0.39 is 18.6 Å². The molecule has 11 atom stereocenters. The molecule has 0 radical (unpaired) electrons. The Morgan fingerprint density at radius 2 is 1.68 bits per heavy atom. The lowest BCUT2D eigenvalue weighted by Crippen LogP contribution is -2.58. The molecule has 4 saturated carbocycles. The summed E-state index contributed by atoms with van der Waals surface area (Å²) in [6.45, 7) is 6.46. The molecule has 0 aromatic heterocycles. The number of hydrogen-bond acceptors (Lipinski definition) is 5. The van der Waals surface area contributed by atoms with Crippen LogP contribution in [0.5, 0.6) is 0 Å². The van der Waals surface area contributed by atoms with Crippen molar-refractivity contribution in [3.8, 4) is 0 Å². The van der Waals surface area contributed by atoms with E-state index in [1.807, 2.05) is 0 Å². The maximum Gasteiger partial charge on any atom is 0.328 e. The lowest BCUT2D eigenvalue weighted by atomic mass is 9.43. The van der Waals surface area contributed by atoms with Gasteiger partial charge in [-0.1, -0.05) is 20.8 Å². The van der Waals surface area contributed by atoms with Crippen molar-refractivity contribution in [2.45, 2.75) is 103 Å². The van der Waals surface area contributed by atoms with Crippen molar-refractivity contribution in [1.82, 2.24) is 5.32 Å². The smallest absolute Gasteiger partial charge is 0.328 e. The minimum atomic E-state index is -1.25. The highest BCUT2D eigenvalue weighted by atomic mass is 16.4. The minimum Gasteiger partial charge on any atom is -0.480 e. The standard InChI is InChI=1S/C27H45NO6/c1-15(4-7-23(32)28-21(14-29)25(33)34)18-5-6-19-24-20(9-11-27(18,19)3)26(2)10-8-17(30)12-16(26)13-22(24)31/h15-22,24,29-31H,4-14H2,1-3H3,(H,28,32)(H,33,34)/t15-,16+,17-,18-,19+,20+,21+,22+,24+,26+,27-/m1/s1. The summed E-state index contributed by atoms with van der Waals surface area (Å²) in [5.74, 6) is 1.06. The van der Waals surface area contributed by atoms with E-state index in [0.717, 1.165) is 51.4 Å². The van der Waals surface area contributed by atoms with Crippen molar-refractivity contribution in [2.24, 2.45) is 46.3 Å². The van der Waals surface area contributed by atoms with Gasteiger partial charge in [0.2, 0.25) is 5.91 Å². The molecule has 4 rings (SSSR count). The number of nitrogens with one attached hydrogen (secondary N) is 1. The molecule has 4 fully saturated rings. The van der Waals surface area contributed by atoms with Crippen LogP contribution in [0, 0.1) is 46.3 Å². The summed E-state index contributed by atoms with van der Waals surface area (Å²) in [4.78, 5) is 23.4. The molecule has 34 heavy (non-hydrogen) atoms. The van der Waals surface area contributed by atoms with Crippen LogP contribution in [0.4, 0.5) is 0 Å². The molecule has 0 aliphatic heterocycles. The van der Waals surface area contributed by atoms with Gasteiger partial charge in [-0.15, -0.1) is 0 Å². The summed E-state index contributed by atoms with van der Waals surface area (Å²) in [5.41, 5.74) is 0.379. The topological polar surface area (TPSA) is 127 Å². The fourth-order valence-corrected chi connectivity index (χ4v) is 9.19. The maximum absolute atomic E-state index is 12.3. The van der Waals surface area contributed by atoms with Crippen LogP contribution in [-0.4, -0.2) is 57.2 Å². The molecule has 5 N–H and O–H groups in total. The lowest BCUT2D eigenvalue weighted by Gasteiger charge is -2.62. The van der Waals surface area contributed by atoms with Gasteiger partial charge in [0, 0.05) is 6.42 Å². The number of carboxylic acid groups (broad SMARTS) is 1. The van der Waals surface area contributed by atoms with Gasteiger partial charge >= 0.3 is 5.97 Å². The Morgan fingerprint density at radius 3 is 2.35 bits per heavy atom. The first-order valence-corrected chi connectivity index (χ1v) is 13.5. The highest BCUT2D eigenvalue weighted by Crippen LogP contribution is 2.68. The molecule has 0 saturated heterocycles. The van der Waals surface area contributed by atoms with Crippen LogP contribution in [0.1, 0.15) is 85.0 Å². The third-order valence-electron chi connectivity index (χ3n) is 11.1. The van der Waals surface area contributed by atoms with Gasteiger partial charge in [-0.3, -0.25) is 4.79 Å². The third kappa shape index (κ3) is 4.41. The van der Waals surface area contributed by atoms with Gasteiger partial charge in [0.15, 0.2) is 0 Å². The first-order chi connectivity index (χ1) is 16.0. The predicted octanol–water partition coefficient (Wildman–Crippen LogP) is 2.96. The van der Waals surface area contributed by atoms with Gasteiger partial charge in [-0.05, 0) is 104 Å². The molecule has 0 spiro atoms. The van der Waals surface area contributed by atoms with E-state index in [1.165, 1.54) is 0 Å². The van der Waals surface area contributed by atoms with E-state index in [-0.39, 0.29) is 35.4 Å². The third-order valence-corrected chi connectivity index (χ3v) is 11.1. The average Bonchev–Trinajstić information content (AvgIpc) is 3.14. The normalized spacial score (nSPS) is 45.4. The highest BCUT2D eigenvalue weighted by molar-refractivity contribution is 5.83. The summed E-state index contributed by atoms with van der Waals surface area (Å²) in [7, 11) is 0. The second-order valence-corrected chi connectivity index (χ2v) is 12.6. The largest absolute Gasteiger partial charge is 0.480 e. The molecule has 0 heterocycles. The van der Waals surface area contributed by atoms with Crippen LogP contribution in [0.25, 0.3) is 0 Å². The number of aliphatic hydroxyl groups is 3. The summed E-state index contributed by atoms with van der Waals surface area (Å²) in [6, 6.07) is -1.25. The second-order valence-electron chi connectivity index (χ2n) is 12.6. The van der Waals surface area contributed by atoms with Crippen molar-refractivity contribution in [1.29, 1.82) is 0 Å². The van der Waals surface area contributed by atoms with E-state index in [9.17, 15) is 19.8 Å². The number of carboxylic acids is 1. The van der Waals surface area contributed by atoms with E-state index in [0.29, 0.717) is 41.9 Å². The Hall–Kier alpha value is -1.18. The van der Waals surface area contributed by atoms with Crippen molar-refractivity contribution >= 4 is 11.9 Å². The number of aliphatic hydroxyl groups excluding tert-OH is 3. The number of fused-ring (bicyclic) bond motifs is 5. The molecular weight excluding hydrogens is 434 g/mol. The number of hydrogen-bond donors (Lipinski definition) is 5. The molecule has 0 aromatic rings. The van der Waals surface area contributed by atoms with Crippen LogP contribution in [0.3, 0.4) is 0 Å². The van der Waals surface area contributed by atoms with Gasteiger partial charge in [0.25, 0.3) is 0 Å². The van der Waals surface area contributed by atoms with E-state index in [1.54, 1.807) is 0 Å². The number of carbonyl (C=O) groups is 2. The molecule has 4 aliphatic carbocycles. The summed E-state index contributed by atoms with van der Waals surface area (Å²) in [6.07, 6.45) is 8.60. The molecule has 7 nitrogen and oxygen atoms in total. The molecule has 0 bridgehead atoms.